The van der Waals surface area contributed by atoms with Gasteiger partial charge in [0, 0.05) is 44.8 Å². The van der Waals surface area contributed by atoms with Gasteiger partial charge in [-0.05, 0) is 63.1 Å². The van der Waals surface area contributed by atoms with Crippen LogP contribution in [0.15, 0.2) is 60.2 Å². The molecule has 54 heavy (non-hydrogen) atoms. The first-order valence-electron chi connectivity index (χ1n) is 17.6. The number of nitrogens with one attached hydrogen (secondary N) is 1. The molecule has 0 aromatic heterocycles. The number of carbonyl (C=O) groups excluding carboxylic acids is 4. The van der Waals surface area contributed by atoms with Crippen molar-refractivity contribution in [3.63, 3.8) is 0 Å². The van der Waals surface area contributed by atoms with Gasteiger partial charge in [-0.1, -0.05) is 48.4 Å². The van der Waals surface area contributed by atoms with E-state index in [-0.39, 0.29) is 23.4 Å². The van der Waals surface area contributed by atoms with Crippen molar-refractivity contribution in [3.05, 3.63) is 76.3 Å². The van der Waals surface area contributed by atoms with Crippen molar-refractivity contribution in [1.29, 1.82) is 0 Å². The van der Waals surface area contributed by atoms with Crippen LogP contribution in [0.3, 0.4) is 0 Å². The molecule has 4 bridgehead atoms. The van der Waals surface area contributed by atoms with Gasteiger partial charge in [-0.15, -0.1) is 0 Å². The monoisotopic (exact) mass is 768 g/mol. The Morgan fingerprint density at radius 1 is 1.20 bits per heavy atom. The van der Waals surface area contributed by atoms with E-state index in [1.165, 1.54) is 44.1 Å². The lowest BCUT2D eigenvalue weighted by Gasteiger charge is -2.42. The summed E-state index contributed by atoms with van der Waals surface area (Å²) < 4.78 is 29.2. The second kappa shape index (κ2) is 16.0. The number of esters is 1. The predicted molar refractivity (Wildman–Crippen MR) is 201 cm³/mol. The van der Waals surface area contributed by atoms with Crippen LogP contribution in [0.5, 0.6) is 5.75 Å². The minimum atomic E-state index is -1.84. The Labute approximate surface area is 320 Å². The number of methoxy groups -OCH3 is 2. The van der Waals surface area contributed by atoms with Gasteiger partial charge < -0.3 is 44.3 Å². The Morgan fingerprint density at radius 2 is 1.93 bits per heavy atom. The second-order valence-corrected chi connectivity index (χ2v) is 14.8. The molecule has 14 nitrogen and oxygen atoms in total. The molecule has 2 saturated heterocycles. The van der Waals surface area contributed by atoms with E-state index in [0.717, 1.165) is 11.1 Å². The zero-order chi connectivity index (χ0) is 39.7. The van der Waals surface area contributed by atoms with Gasteiger partial charge in [0.15, 0.2) is 5.72 Å². The van der Waals surface area contributed by atoms with Crippen LogP contribution in [0.2, 0.25) is 5.02 Å². The number of ether oxygens (including phenoxy) is 5. The SMILES string of the molecule is COc1cc2cc(c1Cl)N(C)C(=O)C[C@H](OC(=O)[C@H](C)N(C)C(=O)c1cccc(N)c1)[C@]1(C)O[C@H]1[C@H](C)[C@@H]1C[C@@](O)(NC(=O)O1)[C@H](OC)/C=C/C=C(\C)C2. The van der Waals surface area contributed by atoms with Crippen molar-refractivity contribution in [1.82, 2.24) is 10.2 Å². The van der Waals surface area contributed by atoms with E-state index in [2.05, 4.69) is 5.32 Å². The Morgan fingerprint density at radius 3 is 2.59 bits per heavy atom. The standard InChI is InChI=1S/C39H49ClN4O10/c1-21-11-9-14-30(51-8)39(49)20-29(52-37(48)42-39)22(2)34-38(4,54-34)31(19-32(45)44(6)27-16-24(15-21)17-28(50-7)33(27)40)53-36(47)23(3)43(5)35(46)25-12-10-13-26(41)18-25/h9-14,16-18,22-23,29-31,34,49H,15,19-20,41H2,1-8H3,(H,42,48)/b14-9+,21-11+/t22-,23+,29+,30-,31+,34+,38+,39+/m1/s1. The number of nitrogens with zero attached hydrogens (tertiary/aromatic N) is 2. The number of hydrogen-bond donors (Lipinski definition) is 3. The number of benzene rings is 2. The number of amides is 3. The zero-order valence-corrected chi connectivity index (χ0v) is 32.5. The molecule has 8 atom stereocenters. The molecule has 0 radical (unpaired) electrons. The van der Waals surface area contributed by atoms with Crippen molar-refractivity contribution >= 4 is 46.9 Å². The highest BCUT2D eigenvalue weighted by atomic mass is 35.5. The number of anilines is 2. The van der Waals surface area contributed by atoms with E-state index >= 15 is 0 Å². The maximum atomic E-state index is 14.2. The van der Waals surface area contributed by atoms with Crippen molar-refractivity contribution in [2.45, 2.75) is 88.7 Å². The number of nitrogen functional groups attached to an aromatic ring is 1. The Bertz CT molecular complexity index is 1850. The van der Waals surface area contributed by atoms with Crippen LogP contribution in [0.4, 0.5) is 16.2 Å². The number of likely N-dealkylation sites (N-methyl/N-ethyl adjacent to an activating group) is 1. The molecular weight excluding hydrogens is 720 g/mol. The minimum absolute atomic E-state index is 0.0639. The maximum absolute atomic E-state index is 14.2. The van der Waals surface area contributed by atoms with Gasteiger partial charge in [-0.3, -0.25) is 14.9 Å². The number of nitrogens with two attached hydrogens (primary N) is 1. The highest BCUT2D eigenvalue weighted by molar-refractivity contribution is 6.35. The first-order valence-corrected chi connectivity index (χ1v) is 18.0. The number of fused-ring (bicyclic) bond motifs is 5. The third-order valence-electron chi connectivity index (χ3n) is 10.6. The number of allylic oxidation sites excluding steroid dienone is 3. The molecule has 2 fully saturated rings. The van der Waals surface area contributed by atoms with Crippen LogP contribution in [0, 0.1) is 5.92 Å². The summed E-state index contributed by atoms with van der Waals surface area (Å²) in [6, 6.07) is 8.88. The summed E-state index contributed by atoms with van der Waals surface area (Å²) in [5.41, 5.74) is 5.57. The lowest BCUT2D eigenvalue weighted by Crippen LogP contribution is -2.63. The number of aliphatic hydroxyl groups is 1. The molecule has 0 unspecified atom stereocenters. The van der Waals surface area contributed by atoms with Gasteiger partial charge in [-0.25, -0.2) is 9.59 Å². The summed E-state index contributed by atoms with van der Waals surface area (Å²) in [4.78, 5) is 56.8. The molecule has 3 aliphatic heterocycles. The van der Waals surface area contributed by atoms with Gasteiger partial charge in [0.2, 0.25) is 5.91 Å². The maximum Gasteiger partial charge on any atom is 0.409 e. The highest BCUT2D eigenvalue weighted by Gasteiger charge is 2.64. The van der Waals surface area contributed by atoms with Gasteiger partial charge in [0.25, 0.3) is 5.91 Å². The Hall–Kier alpha value is -4.63. The number of epoxide rings is 1. The first-order chi connectivity index (χ1) is 25.4. The summed E-state index contributed by atoms with van der Waals surface area (Å²) >= 11 is 6.76. The van der Waals surface area contributed by atoms with Crippen molar-refractivity contribution in [2.75, 3.05) is 38.9 Å². The Balaban J connectivity index is 1.53. The molecule has 292 valence electrons. The lowest BCUT2D eigenvalue weighted by atomic mass is 9.83. The molecule has 2 aromatic rings. The molecule has 15 heteroatoms. The van der Waals surface area contributed by atoms with E-state index in [9.17, 15) is 24.3 Å². The van der Waals surface area contributed by atoms with Gasteiger partial charge >= 0.3 is 12.1 Å². The van der Waals surface area contributed by atoms with Crippen molar-refractivity contribution < 1.29 is 48.0 Å². The summed E-state index contributed by atoms with van der Waals surface area (Å²) in [6.07, 6.45) is 0.770. The number of alkyl carbamates (subject to hydrolysis) is 1. The largest absolute Gasteiger partial charge is 0.495 e. The summed E-state index contributed by atoms with van der Waals surface area (Å²) in [6.45, 7) is 6.93. The van der Waals surface area contributed by atoms with E-state index < -0.39 is 71.6 Å². The molecule has 5 rings (SSSR count). The summed E-state index contributed by atoms with van der Waals surface area (Å²) in [5.74, 6) is -1.88. The molecule has 2 aromatic carbocycles. The van der Waals surface area contributed by atoms with Gasteiger partial charge in [-0.2, -0.15) is 0 Å². The van der Waals surface area contributed by atoms with Crippen LogP contribution in [0.25, 0.3) is 0 Å². The first kappa shape index (κ1) is 40.6. The lowest BCUT2D eigenvalue weighted by molar-refractivity contribution is -0.158. The third-order valence-corrected chi connectivity index (χ3v) is 11.0. The minimum Gasteiger partial charge on any atom is -0.495 e. The third kappa shape index (κ3) is 8.36. The molecule has 3 amide bonds. The van der Waals surface area contributed by atoms with Gasteiger partial charge in [0.1, 0.15) is 40.7 Å². The summed E-state index contributed by atoms with van der Waals surface area (Å²) in [7, 11) is 5.94. The van der Waals surface area contributed by atoms with E-state index in [1.807, 2.05) is 13.0 Å². The Kier molecular flexibility index (Phi) is 12.0. The predicted octanol–water partition coefficient (Wildman–Crippen LogP) is 4.41. The summed E-state index contributed by atoms with van der Waals surface area (Å²) in [5, 5.41) is 14.5. The fourth-order valence-electron chi connectivity index (χ4n) is 7.05. The smallest absolute Gasteiger partial charge is 0.409 e. The fourth-order valence-corrected chi connectivity index (χ4v) is 7.37. The molecule has 3 heterocycles. The van der Waals surface area contributed by atoms with Gasteiger partial charge in [0.05, 0.1) is 25.3 Å². The molecule has 0 saturated carbocycles. The topological polar surface area (TPSA) is 182 Å². The second-order valence-electron chi connectivity index (χ2n) is 14.4. The fraction of sp³-hybridized carbons (Fsp3) is 0.487. The normalized spacial score (nSPS) is 30.7. The molecular formula is C39H49ClN4O10. The van der Waals surface area contributed by atoms with Crippen molar-refractivity contribution in [2.24, 2.45) is 5.92 Å². The average molecular weight is 769 g/mol. The van der Waals surface area contributed by atoms with E-state index in [0.29, 0.717) is 23.5 Å². The molecule has 3 aliphatic rings. The van der Waals surface area contributed by atoms with Crippen molar-refractivity contribution in [3.8, 4) is 5.75 Å². The zero-order valence-electron chi connectivity index (χ0n) is 31.8. The van der Waals surface area contributed by atoms with Crippen LogP contribution in [-0.2, 0) is 35.0 Å². The molecule has 0 spiro atoms. The number of halogens is 1. The van der Waals surface area contributed by atoms with Crippen LogP contribution in [-0.4, -0.2) is 104 Å². The van der Waals surface area contributed by atoms with E-state index in [4.69, 9.17) is 41.0 Å². The van der Waals surface area contributed by atoms with E-state index in [1.54, 1.807) is 63.4 Å². The van der Waals surface area contributed by atoms with Crippen LogP contribution in [0.1, 0.15) is 56.5 Å². The van der Waals surface area contributed by atoms with Crippen LogP contribution >= 0.6 is 11.6 Å². The molecule has 0 aliphatic carbocycles. The molecule has 4 N–H and O–H groups in total. The average Bonchev–Trinajstić information content (AvgIpc) is 3.83. The number of hydrogen-bond acceptors (Lipinski definition) is 11. The quantitative estimate of drug-likeness (QED) is 0.215. The van der Waals surface area contributed by atoms with Crippen LogP contribution < -0.4 is 20.7 Å². The number of carbonyl (C=O) groups is 4. The number of rotatable bonds is 6. The highest BCUT2D eigenvalue weighted by Crippen LogP contribution is 2.49.